The van der Waals surface area contributed by atoms with Crippen molar-refractivity contribution in [2.24, 2.45) is 0 Å². The van der Waals surface area contributed by atoms with Crippen molar-refractivity contribution < 1.29 is 18.0 Å². The number of aromatic nitrogens is 3. The van der Waals surface area contributed by atoms with Crippen LogP contribution in [0.2, 0.25) is 0 Å². The van der Waals surface area contributed by atoms with Crippen molar-refractivity contribution in [2.75, 3.05) is 13.1 Å². The Bertz CT molecular complexity index is 1170. The highest BCUT2D eigenvalue weighted by molar-refractivity contribution is 5.77. The van der Waals surface area contributed by atoms with Crippen molar-refractivity contribution in [1.82, 2.24) is 25.0 Å². The average Bonchev–Trinajstić information content (AvgIpc) is 3.08. The molecule has 1 saturated heterocycles. The van der Waals surface area contributed by atoms with Gasteiger partial charge in [0.2, 0.25) is 5.91 Å². The lowest BCUT2D eigenvalue weighted by Gasteiger charge is -2.41. The Morgan fingerprint density at radius 2 is 1.84 bits per heavy atom. The number of likely N-dealkylation sites (tertiary alicyclic amines) is 1. The molecule has 3 heterocycles. The maximum absolute atomic E-state index is 13.6. The number of carbonyl (C=O) groups is 1. The summed E-state index contributed by atoms with van der Waals surface area (Å²) in [6.07, 6.45) is 1.93. The molecule has 6 nitrogen and oxygen atoms in total. The predicted octanol–water partition coefficient (Wildman–Crippen LogP) is 3.07. The standard InChI is InChI=1S/C23H22F3N5O/c24-17-3-1-2-16(11-17)22-27-20-12-23(28-21(32)14-31(20)29-22)6-8-30(9-7-23)13-15-4-5-18(25)19(26)10-15/h1-5,10-11H,6-9,12-14H2,(H,28,32). The predicted molar refractivity (Wildman–Crippen MR) is 111 cm³/mol. The van der Waals surface area contributed by atoms with E-state index in [1.807, 2.05) is 0 Å². The zero-order chi connectivity index (χ0) is 22.3. The second kappa shape index (κ2) is 8.05. The molecule has 0 bridgehead atoms. The summed E-state index contributed by atoms with van der Waals surface area (Å²) < 4.78 is 41.9. The molecule has 0 unspecified atom stereocenters. The summed E-state index contributed by atoms with van der Waals surface area (Å²) in [6, 6.07) is 10.0. The second-order valence-electron chi connectivity index (χ2n) is 8.55. The Hall–Kier alpha value is -3.20. The Morgan fingerprint density at radius 1 is 1.03 bits per heavy atom. The molecule has 1 fully saturated rings. The van der Waals surface area contributed by atoms with Gasteiger partial charge in [-0.05, 0) is 42.7 Å². The van der Waals surface area contributed by atoms with E-state index in [-0.39, 0.29) is 18.3 Å². The van der Waals surface area contributed by atoms with Crippen LogP contribution < -0.4 is 5.32 Å². The molecule has 0 atom stereocenters. The molecule has 5 rings (SSSR count). The molecule has 3 aromatic rings. The van der Waals surface area contributed by atoms with E-state index in [9.17, 15) is 18.0 Å². The van der Waals surface area contributed by atoms with Gasteiger partial charge in [0, 0.05) is 37.2 Å². The summed E-state index contributed by atoms with van der Waals surface area (Å²) in [5, 5.41) is 7.60. The van der Waals surface area contributed by atoms with Crippen LogP contribution in [0.3, 0.4) is 0 Å². The Balaban J connectivity index is 1.32. The number of halogens is 3. The first-order valence-corrected chi connectivity index (χ1v) is 10.6. The maximum Gasteiger partial charge on any atom is 0.242 e. The van der Waals surface area contributed by atoms with Crippen LogP contribution in [-0.2, 0) is 24.3 Å². The van der Waals surface area contributed by atoms with Crippen molar-refractivity contribution in [3.05, 3.63) is 71.3 Å². The van der Waals surface area contributed by atoms with E-state index in [2.05, 4.69) is 20.3 Å². The quantitative estimate of drug-likeness (QED) is 0.679. The summed E-state index contributed by atoms with van der Waals surface area (Å²) in [4.78, 5) is 19.4. The first-order valence-electron chi connectivity index (χ1n) is 10.6. The SMILES string of the molecule is O=C1Cn2nc(-c3cccc(F)c3)nc2CC2(CCN(Cc3ccc(F)c(F)c3)CC2)N1. The number of benzene rings is 2. The molecule has 1 aromatic heterocycles. The average molecular weight is 441 g/mol. The second-order valence-corrected chi connectivity index (χ2v) is 8.55. The van der Waals surface area contributed by atoms with Gasteiger partial charge in [-0.2, -0.15) is 5.10 Å². The van der Waals surface area contributed by atoms with Crippen LogP contribution in [-0.4, -0.2) is 44.2 Å². The van der Waals surface area contributed by atoms with Crippen LogP contribution in [0.15, 0.2) is 42.5 Å². The highest BCUT2D eigenvalue weighted by atomic mass is 19.2. The van der Waals surface area contributed by atoms with Crippen molar-refractivity contribution >= 4 is 5.91 Å². The number of hydrogen-bond acceptors (Lipinski definition) is 4. The molecule has 9 heteroatoms. The molecular formula is C23H22F3N5O. The molecule has 2 aliphatic heterocycles. The summed E-state index contributed by atoms with van der Waals surface area (Å²) in [6.45, 7) is 1.98. The fourth-order valence-corrected chi connectivity index (χ4v) is 4.54. The first kappa shape index (κ1) is 20.7. The van der Waals surface area contributed by atoms with E-state index in [1.165, 1.54) is 18.2 Å². The number of amides is 1. The van der Waals surface area contributed by atoms with Gasteiger partial charge in [-0.3, -0.25) is 9.69 Å². The molecule has 2 aromatic carbocycles. The highest BCUT2D eigenvalue weighted by Gasteiger charge is 2.40. The molecule has 32 heavy (non-hydrogen) atoms. The zero-order valence-electron chi connectivity index (χ0n) is 17.3. The molecular weight excluding hydrogens is 419 g/mol. The van der Waals surface area contributed by atoms with Gasteiger partial charge in [-0.1, -0.05) is 18.2 Å². The summed E-state index contributed by atoms with van der Waals surface area (Å²) in [7, 11) is 0. The third kappa shape index (κ3) is 4.12. The van der Waals surface area contributed by atoms with Gasteiger partial charge in [0.15, 0.2) is 17.5 Å². The van der Waals surface area contributed by atoms with Crippen LogP contribution >= 0.6 is 0 Å². The minimum atomic E-state index is -0.853. The molecule has 1 N–H and O–H groups in total. The van der Waals surface area contributed by atoms with Crippen molar-refractivity contribution in [2.45, 2.75) is 37.9 Å². The maximum atomic E-state index is 13.6. The lowest BCUT2D eigenvalue weighted by Crippen LogP contribution is -2.56. The largest absolute Gasteiger partial charge is 0.349 e. The lowest BCUT2D eigenvalue weighted by molar-refractivity contribution is -0.123. The molecule has 1 spiro atoms. The Kier molecular flexibility index (Phi) is 5.21. The fourth-order valence-electron chi connectivity index (χ4n) is 4.54. The van der Waals surface area contributed by atoms with E-state index in [0.29, 0.717) is 61.7 Å². The monoisotopic (exact) mass is 441 g/mol. The highest BCUT2D eigenvalue weighted by Crippen LogP contribution is 2.30. The van der Waals surface area contributed by atoms with Crippen LogP contribution in [0.5, 0.6) is 0 Å². The zero-order valence-corrected chi connectivity index (χ0v) is 17.3. The number of hydrogen-bond donors (Lipinski definition) is 1. The Morgan fingerprint density at radius 3 is 2.59 bits per heavy atom. The number of nitrogens with one attached hydrogen (secondary N) is 1. The number of fused-ring (bicyclic) bond motifs is 1. The number of nitrogens with zero attached hydrogens (tertiary/aromatic N) is 4. The van der Waals surface area contributed by atoms with Gasteiger partial charge >= 0.3 is 0 Å². The number of rotatable bonds is 3. The topological polar surface area (TPSA) is 63.1 Å². The Labute approximate surface area is 183 Å². The third-order valence-electron chi connectivity index (χ3n) is 6.23. The van der Waals surface area contributed by atoms with Gasteiger partial charge in [0.1, 0.15) is 18.2 Å². The number of piperidine rings is 1. The first-order chi connectivity index (χ1) is 15.4. The molecule has 0 radical (unpaired) electrons. The summed E-state index contributed by atoms with van der Waals surface area (Å²) in [5.74, 6) is -1.10. The van der Waals surface area contributed by atoms with Gasteiger partial charge in [0.25, 0.3) is 0 Å². The van der Waals surface area contributed by atoms with Crippen molar-refractivity contribution in [3.8, 4) is 11.4 Å². The van der Waals surface area contributed by atoms with Crippen LogP contribution in [0, 0.1) is 17.5 Å². The minimum Gasteiger partial charge on any atom is -0.349 e. The lowest BCUT2D eigenvalue weighted by atomic mass is 9.84. The van der Waals surface area contributed by atoms with Crippen molar-refractivity contribution in [3.63, 3.8) is 0 Å². The molecule has 2 aliphatic rings. The molecule has 0 saturated carbocycles. The fraction of sp³-hybridized carbons (Fsp3) is 0.348. The van der Waals surface area contributed by atoms with Crippen LogP contribution in [0.1, 0.15) is 24.2 Å². The summed E-state index contributed by atoms with van der Waals surface area (Å²) >= 11 is 0. The van der Waals surface area contributed by atoms with Gasteiger partial charge in [-0.25, -0.2) is 22.8 Å². The molecule has 166 valence electrons. The van der Waals surface area contributed by atoms with E-state index in [4.69, 9.17) is 0 Å². The summed E-state index contributed by atoms with van der Waals surface area (Å²) in [5.41, 5.74) is 0.841. The van der Waals surface area contributed by atoms with Crippen molar-refractivity contribution in [1.29, 1.82) is 0 Å². The minimum absolute atomic E-state index is 0.0674. The van der Waals surface area contributed by atoms with E-state index in [1.54, 1.807) is 22.9 Å². The molecule has 0 aliphatic carbocycles. The van der Waals surface area contributed by atoms with Gasteiger partial charge in [-0.15, -0.1) is 0 Å². The smallest absolute Gasteiger partial charge is 0.242 e. The molecule has 1 amide bonds. The van der Waals surface area contributed by atoms with Gasteiger partial charge < -0.3 is 5.32 Å². The number of carbonyl (C=O) groups excluding carboxylic acids is 1. The van der Waals surface area contributed by atoms with Crippen LogP contribution in [0.4, 0.5) is 13.2 Å². The van der Waals surface area contributed by atoms with Crippen LogP contribution in [0.25, 0.3) is 11.4 Å². The normalized spacial score (nSPS) is 18.3. The van der Waals surface area contributed by atoms with E-state index >= 15 is 0 Å². The van der Waals surface area contributed by atoms with Gasteiger partial charge in [0.05, 0.1) is 0 Å². The van der Waals surface area contributed by atoms with E-state index < -0.39 is 17.2 Å². The third-order valence-corrected chi connectivity index (χ3v) is 6.23. The van der Waals surface area contributed by atoms with E-state index in [0.717, 1.165) is 6.07 Å².